The van der Waals surface area contributed by atoms with Gasteiger partial charge in [0.1, 0.15) is 6.10 Å². The predicted molar refractivity (Wildman–Crippen MR) is 74.1 cm³/mol. The Morgan fingerprint density at radius 1 is 1.21 bits per heavy atom. The summed E-state index contributed by atoms with van der Waals surface area (Å²) in [5.74, 6) is 0. The number of nitrogens with zero attached hydrogens (tertiary/aromatic N) is 1. The van der Waals surface area contributed by atoms with Crippen molar-refractivity contribution in [2.45, 2.75) is 44.2 Å². The third-order valence-electron chi connectivity index (χ3n) is 4.01. The Bertz CT molecular complexity index is 442. The first kappa shape index (κ1) is 14.8. The molecule has 5 atom stereocenters. The van der Waals surface area contributed by atoms with Gasteiger partial charge in [0.25, 0.3) is 0 Å². The predicted octanol–water partition coefficient (Wildman–Crippen LogP) is 1.19. The summed E-state index contributed by atoms with van der Waals surface area (Å²) in [4.78, 5) is 1.96. The molecule has 1 fully saturated rings. The van der Waals surface area contributed by atoms with Crippen molar-refractivity contribution in [3.05, 3.63) is 34.9 Å². The maximum absolute atomic E-state index is 9.97. The lowest BCUT2D eigenvalue weighted by Crippen LogP contribution is -2.60. The lowest BCUT2D eigenvalue weighted by atomic mass is 9.92. The van der Waals surface area contributed by atoms with E-state index in [4.69, 9.17) is 11.6 Å². The molecule has 4 nitrogen and oxygen atoms in total. The van der Waals surface area contributed by atoms with Gasteiger partial charge in [-0.05, 0) is 25.5 Å². The number of hydrogen-bond acceptors (Lipinski definition) is 4. The molecule has 0 bridgehead atoms. The van der Waals surface area contributed by atoms with Crippen LogP contribution in [0.4, 0.5) is 0 Å². The number of rotatable bonds is 2. The van der Waals surface area contributed by atoms with Gasteiger partial charge in [0, 0.05) is 23.7 Å². The minimum Gasteiger partial charge on any atom is -0.389 e. The van der Waals surface area contributed by atoms with E-state index in [9.17, 15) is 15.3 Å². The largest absolute Gasteiger partial charge is 0.389 e. The Balaban J connectivity index is 2.24. The number of piperidine rings is 1. The smallest absolute Gasteiger partial charge is 0.108 e. The average molecular weight is 286 g/mol. The first-order valence-electron chi connectivity index (χ1n) is 6.48. The molecule has 0 spiro atoms. The Morgan fingerprint density at radius 2 is 1.84 bits per heavy atom. The summed E-state index contributed by atoms with van der Waals surface area (Å²) in [6.07, 6.45) is -3.01. The van der Waals surface area contributed by atoms with Crippen molar-refractivity contribution in [1.82, 2.24) is 4.90 Å². The summed E-state index contributed by atoms with van der Waals surface area (Å²) < 4.78 is 0. The Morgan fingerprint density at radius 3 is 2.47 bits per heavy atom. The number of aliphatic hydroxyl groups excluding tert-OH is 3. The van der Waals surface area contributed by atoms with Crippen LogP contribution in [-0.2, 0) is 0 Å². The Hall–Kier alpha value is -0.650. The summed E-state index contributed by atoms with van der Waals surface area (Å²) in [5.41, 5.74) is 0.951. The number of benzene rings is 1. The maximum atomic E-state index is 9.97. The highest BCUT2D eigenvalue weighted by atomic mass is 35.5. The zero-order valence-electron chi connectivity index (χ0n) is 11.1. The molecule has 1 aromatic rings. The maximum Gasteiger partial charge on any atom is 0.108 e. The van der Waals surface area contributed by atoms with Crippen LogP contribution in [0.3, 0.4) is 0 Å². The molecule has 3 N–H and O–H groups in total. The SMILES string of the molecule is CC(c1ccccc1Cl)N1C[C@H](O)[C@@H](O)[C@H](O)[C@H]1C. The normalized spacial score (nSPS) is 34.2. The van der Waals surface area contributed by atoms with Crippen LogP contribution in [-0.4, -0.2) is 51.1 Å². The van der Waals surface area contributed by atoms with E-state index in [2.05, 4.69) is 0 Å². The quantitative estimate of drug-likeness (QED) is 0.764. The van der Waals surface area contributed by atoms with Crippen molar-refractivity contribution in [2.24, 2.45) is 0 Å². The van der Waals surface area contributed by atoms with Crippen LogP contribution in [0, 0.1) is 0 Å². The molecule has 1 heterocycles. The first-order chi connectivity index (χ1) is 8.93. The first-order valence-corrected chi connectivity index (χ1v) is 6.85. The van der Waals surface area contributed by atoms with E-state index < -0.39 is 18.3 Å². The third kappa shape index (κ3) is 2.78. The second-order valence-corrected chi connectivity index (χ2v) is 5.59. The lowest BCUT2D eigenvalue weighted by Gasteiger charge is -2.45. The van der Waals surface area contributed by atoms with Crippen LogP contribution in [0.15, 0.2) is 24.3 Å². The van der Waals surface area contributed by atoms with Gasteiger partial charge in [-0.15, -0.1) is 0 Å². The molecular weight excluding hydrogens is 266 g/mol. The molecule has 106 valence electrons. The van der Waals surface area contributed by atoms with Crippen molar-refractivity contribution < 1.29 is 15.3 Å². The molecule has 1 unspecified atom stereocenters. The molecular formula is C14H20ClNO3. The third-order valence-corrected chi connectivity index (χ3v) is 4.36. The van der Waals surface area contributed by atoms with Crippen LogP contribution in [0.1, 0.15) is 25.5 Å². The number of hydrogen-bond donors (Lipinski definition) is 3. The molecule has 2 rings (SSSR count). The number of β-amino-alcohol motifs (C(OH)–C–C–N with tert-alkyl or cyclic N) is 1. The van der Waals surface area contributed by atoms with Crippen LogP contribution in [0.2, 0.25) is 5.02 Å². The molecule has 19 heavy (non-hydrogen) atoms. The van der Waals surface area contributed by atoms with Crippen LogP contribution in [0.5, 0.6) is 0 Å². The zero-order chi connectivity index (χ0) is 14.2. The van der Waals surface area contributed by atoms with Gasteiger partial charge in [-0.2, -0.15) is 0 Å². The standard InChI is InChI=1S/C14H20ClNO3/c1-8(10-5-3-4-6-11(10)15)16-7-12(17)14(19)13(18)9(16)2/h3-6,8-9,12-14,17-19H,7H2,1-2H3/t8?,9-,12+,13-,14-/m1/s1. The molecule has 5 heteroatoms. The molecule has 0 saturated carbocycles. The summed E-state index contributed by atoms with van der Waals surface area (Å²) in [7, 11) is 0. The molecule has 1 saturated heterocycles. The second kappa shape index (κ2) is 5.77. The molecule has 0 radical (unpaired) electrons. The van der Waals surface area contributed by atoms with E-state index in [1.807, 2.05) is 43.0 Å². The highest BCUT2D eigenvalue weighted by molar-refractivity contribution is 6.31. The van der Waals surface area contributed by atoms with E-state index in [0.29, 0.717) is 11.6 Å². The minimum absolute atomic E-state index is 0.0412. The van der Waals surface area contributed by atoms with Gasteiger partial charge in [0.05, 0.1) is 12.2 Å². The van der Waals surface area contributed by atoms with Gasteiger partial charge >= 0.3 is 0 Å². The number of likely N-dealkylation sites (tertiary alicyclic amines) is 1. The summed E-state index contributed by atoms with van der Waals surface area (Å²) in [5, 5.41) is 30.1. The average Bonchev–Trinajstić information content (AvgIpc) is 2.40. The number of halogens is 1. The summed E-state index contributed by atoms with van der Waals surface area (Å²) in [6.45, 7) is 4.13. The molecule has 1 aliphatic rings. The lowest BCUT2D eigenvalue weighted by molar-refractivity contribution is -0.141. The van der Waals surface area contributed by atoms with Crippen molar-refractivity contribution in [2.75, 3.05) is 6.54 Å². The van der Waals surface area contributed by atoms with Crippen LogP contribution in [0.25, 0.3) is 0 Å². The van der Waals surface area contributed by atoms with Crippen molar-refractivity contribution in [3.63, 3.8) is 0 Å². The zero-order valence-corrected chi connectivity index (χ0v) is 11.8. The Kier molecular flexibility index (Phi) is 4.48. The monoisotopic (exact) mass is 285 g/mol. The van der Waals surface area contributed by atoms with Gasteiger partial charge in [0.2, 0.25) is 0 Å². The van der Waals surface area contributed by atoms with Gasteiger partial charge in [-0.1, -0.05) is 29.8 Å². The summed E-state index contributed by atoms with van der Waals surface area (Å²) >= 11 is 6.19. The van der Waals surface area contributed by atoms with Gasteiger partial charge in [-0.3, -0.25) is 4.90 Å². The van der Waals surface area contributed by atoms with Gasteiger partial charge < -0.3 is 15.3 Å². The van der Waals surface area contributed by atoms with E-state index >= 15 is 0 Å². The highest BCUT2D eigenvalue weighted by Gasteiger charge is 2.41. The van der Waals surface area contributed by atoms with Gasteiger partial charge in [0.15, 0.2) is 0 Å². The fourth-order valence-corrected chi connectivity index (χ4v) is 3.00. The number of aliphatic hydroxyl groups is 3. The highest BCUT2D eigenvalue weighted by Crippen LogP contribution is 2.32. The van der Waals surface area contributed by atoms with E-state index in [-0.39, 0.29) is 12.1 Å². The fraction of sp³-hybridized carbons (Fsp3) is 0.571. The summed E-state index contributed by atoms with van der Waals surface area (Å²) in [6, 6.07) is 7.25. The van der Waals surface area contributed by atoms with Gasteiger partial charge in [-0.25, -0.2) is 0 Å². The van der Waals surface area contributed by atoms with Crippen molar-refractivity contribution in [1.29, 1.82) is 0 Å². The molecule has 0 aromatic heterocycles. The minimum atomic E-state index is -1.09. The Labute approximate surface area is 118 Å². The van der Waals surface area contributed by atoms with Crippen molar-refractivity contribution in [3.8, 4) is 0 Å². The van der Waals surface area contributed by atoms with Crippen LogP contribution >= 0.6 is 11.6 Å². The van der Waals surface area contributed by atoms with Crippen LogP contribution < -0.4 is 0 Å². The van der Waals surface area contributed by atoms with E-state index in [1.54, 1.807) is 0 Å². The van der Waals surface area contributed by atoms with E-state index in [0.717, 1.165) is 5.56 Å². The molecule has 0 amide bonds. The molecule has 0 aliphatic carbocycles. The van der Waals surface area contributed by atoms with Crippen molar-refractivity contribution >= 4 is 11.6 Å². The fourth-order valence-electron chi connectivity index (χ4n) is 2.70. The van der Waals surface area contributed by atoms with E-state index in [1.165, 1.54) is 0 Å². The molecule has 1 aliphatic heterocycles. The topological polar surface area (TPSA) is 63.9 Å². The molecule has 1 aromatic carbocycles. The second-order valence-electron chi connectivity index (χ2n) is 5.18.